The summed E-state index contributed by atoms with van der Waals surface area (Å²) in [7, 11) is 0. The van der Waals surface area contributed by atoms with E-state index in [-0.39, 0.29) is 11.9 Å². The third-order valence-corrected chi connectivity index (χ3v) is 2.85. The Hall–Kier alpha value is -1.84. The lowest BCUT2D eigenvalue weighted by atomic mass is 10.1. The molecular weight excluding hydrogens is 229 g/mol. The highest BCUT2D eigenvalue weighted by Crippen LogP contribution is 2.19. The summed E-state index contributed by atoms with van der Waals surface area (Å²) in [6.07, 6.45) is 1.94. The summed E-state index contributed by atoms with van der Waals surface area (Å²) in [6.45, 7) is 6.14. The van der Waals surface area contributed by atoms with E-state index in [0.29, 0.717) is 6.04 Å². The van der Waals surface area contributed by atoms with E-state index in [2.05, 4.69) is 24.3 Å². The molecule has 0 saturated heterocycles. The monoisotopic (exact) mass is 247 g/mol. The molecule has 1 unspecified atom stereocenters. The van der Waals surface area contributed by atoms with Crippen molar-refractivity contribution in [3.05, 3.63) is 47.9 Å². The lowest BCUT2D eigenvalue weighted by Gasteiger charge is -2.13. The van der Waals surface area contributed by atoms with Gasteiger partial charge in [0.15, 0.2) is 0 Å². The molecule has 0 saturated carbocycles. The van der Waals surface area contributed by atoms with Gasteiger partial charge >= 0.3 is 0 Å². The summed E-state index contributed by atoms with van der Waals surface area (Å²) in [4.78, 5) is 0. The van der Waals surface area contributed by atoms with Crippen LogP contribution in [-0.2, 0) is 0 Å². The predicted molar refractivity (Wildman–Crippen MR) is 71.0 cm³/mol. The van der Waals surface area contributed by atoms with Crippen molar-refractivity contribution in [1.29, 1.82) is 0 Å². The van der Waals surface area contributed by atoms with Crippen molar-refractivity contribution < 1.29 is 4.39 Å². The topological polar surface area (TPSA) is 29.9 Å². The van der Waals surface area contributed by atoms with Gasteiger partial charge in [-0.25, -0.2) is 4.39 Å². The van der Waals surface area contributed by atoms with Gasteiger partial charge in [-0.05, 0) is 38.5 Å². The van der Waals surface area contributed by atoms with Gasteiger partial charge in [-0.1, -0.05) is 12.1 Å². The van der Waals surface area contributed by atoms with Crippen LogP contribution in [0.25, 0.3) is 0 Å². The average Bonchev–Trinajstić information content (AvgIpc) is 2.77. The summed E-state index contributed by atoms with van der Waals surface area (Å²) in [6, 6.07) is 8.90. The largest absolute Gasteiger partial charge is 0.362 e. The molecule has 2 aromatic rings. The van der Waals surface area contributed by atoms with Crippen LogP contribution in [0.4, 0.5) is 10.2 Å². The Morgan fingerprint density at radius 3 is 2.61 bits per heavy atom. The maximum atomic E-state index is 13.1. The van der Waals surface area contributed by atoms with Crippen molar-refractivity contribution in [2.45, 2.75) is 32.9 Å². The molecule has 0 aliphatic heterocycles. The zero-order chi connectivity index (χ0) is 13.1. The molecule has 0 aliphatic carbocycles. The molecule has 1 aromatic heterocycles. The zero-order valence-electron chi connectivity index (χ0n) is 10.9. The fraction of sp³-hybridized carbons (Fsp3) is 0.357. The minimum atomic E-state index is -0.214. The van der Waals surface area contributed by atoms with E-state index >= 15 is 0 Å². The van der Waals surface area contributed by atoms with Gasteiger partial charge in [0.2, 0.25) is 0 Å². The van der Waals surface area contributed by atoms with E-state index in [1.807, 2.05) is 29.9 Å². The van der Waals surface area contributed by atoms with Crippen LogP contribution in [0.15, 0.2) is 36.5 Å². The summed E-state index contributed by atoms with van der Waals surface area (Å²) in [5, 5.41) is 7.67. The lowest BCUT2D eigenvalue weighted by Crippen LogP contribution is -2.08. The van der Waals surface area contributed by atoms with E-state index in [1.54, 1.807) is 6.07 Å². The van der Waals surface area contributed by atoms with Crippen molar-refractivity contribution >= 4 is 5.82 Å². The molecule has 0 fully saturated rings. The van der Waals surface area contributed by atoms with Gasteiger partial charge in [-0.3, -0.25) is 4.68 Å². The van der Waals surface area contributed by atoms with E-state index in [1.165, 1.54) is 12.1 Å². The highest BCUT2D eigenvalue weighted by molar-refractivity contribution is 5.37. The number of benzene rings is 1. The summed E-state index contributed by atoms with van der Waals surface area (Å²) < 4.78 is 15.0. The van der Waals surface area contributed by atoms with Crippen molar-refractivity contribution in [2.75, 3.05) is 5.32 Å². The third kappa shape index (κ3) is 2.88. The molecule has 1 aromatic carbocycles. The van der Waals surface area contributed by atoms with Crippen LogP contribution >= 0.6 is 0 Å². The minimum absolute atomic E-state index is 0.0243. The SMILES string of the molecule is CC(Nc1ccn(C(C)C)n1)c1cccc(F)c1. The van der Waals surface area contributed by atoms with Crippen LogP contribution in [0.5, 0.6) is 0 Å². The normalized spacial score (nSPS) is 12.7. The van der Waals surface area contributed by atoms with Gasteiger partial charge in [0.25, 0.3) is 0 Å². The number of hydrogen-bond donors (Lipinski definition) is 1. The molecule has 1 atom stereocenters. The first-order valence-corrected chi connectivity index (χ1v) is 6.13. The fourth-order valence-electron chi connectivity index (χ4n) is 1.78. The first kappa shape index (κ1) is 12.6. The Kier molecular flexibility index (Phi) is 3.65. The number of hydrogen-bond acceptors (Lipinski definition) is 2. The highest BCUT2D eigenvalue weighted by Gasteiger charge is 2.08. The summed E-state index contributed by atoms with van der Waals surface area (Å²) >= 11 is 0. The second-order valence-corrected chi connectivity index (χ2v) is 4.70. The average molecular weight is 247 g/mol. The van der Waals surface area contributed by atoms with Gasteiger partial charge in [0.1, 0.15) is 11.6 Å². The molecule has 0 bridgehead atoms. The van der Waals surface area contributed by atoms with Crippen molar-refractivity contribution in [3.63, 3.8) is 0 Å². The standard InChI is InChI=1S/C14H18FN3/c1-10(2)18-8-7-14(17-18)16-11(3)12-5-4-6-13(15)9-12/h4-11H,1-3H3,(H,16,17). The Bertz CT molecular complexity index is 519. The van der Waals surface area contributed by atoms with Gasteiger partial charge in [-0.15, -0.1) is 0 Å². The highest BCUT2D eigenvalue weighted by atomic mass is 19.1. The van der Waals surface area contributed by atoms with Crippen LogP contribution in [0.2, 0.25) is 0 Å². The number of aromatic nitrogens is 2. The number of nitrogens with one attached hydrogen (secondary N) is 1. The molecule has 0 spiro atoms. The third-order valence-electron chi connectivity index (χ3n) is 2.85. The fourth-order valence-corrected chi connectivity index (χ4v) is 1.78. The van der Waals surface area contributed by atoms with Gasteiger partial charge in [0.05, 0.1) is 6.04 Å². The van der Waals surface area contributed by atoms with Crippen LogP contribution in [0.1, 0.15) is 38.4 Å². The molecule has 1 N–H and O–H groups in total. The minimum Gasteiger partial charge on any atom is -0.362 e. The summed E-state index contributed by atoms with van der Waals surface area (Å²) in [5.41, 5.74) is 0.911. The first-order chi connectivity index (χ1) is 8.56. The molecule has 3 nitrogen and oxygen atoms in total. The smallest absolute Gasteiger partial charge is 0.148 e. The van der Waals surface area contributed by atoms with Crippen LogP contribution in [0, 0.1) is 5.82 Å². The van der Waals surface area contributed by atoms with Gasteiger partial charge in [0, 0.05) is 18.3 Å². The molecule has 4 heteroatoms. The zero-order valence-corrected chi connectivity index (χ0v) is 10.9. The van der Waals surface area contributed by atoms with E-state index in [4.69, 9.17) is 0 Å². The quantitative estimate of drug-likeness (QED) is 0.891. The predicted octanol–water partition coefficient (Wildman–Crippen LogP) is 3.78. The van der Waals surface area contributed by atoms with E-state index < -0.39 is 0 Å². The Balaban J connectivity index is 2.08. The van der Waals surface area contributed by atoms with Crippen LogP contribution < -0.4 is 5.32 Å². The van der Waals surface area contributed by atoms with E-state index in [0.717, 1.165) is 11.4 Å². The van der Waals surface area contributed by atoms with Gasteiger partial charge in [-0.2, -0.15) is 5.10 Å². The van der Waals surface area contributed by atoms with Crippen LogP contribution in [0.3, 0.4) is 0 Å². The molecule has 0 radical (unpaired) electrons. The second-order valence-electron chi connectivity index (χ2n) is 4.70. The Morgan fingerprint density at radius 1 is 1.22 bits per heavy atom. The van der Waals surface area contributed by atoms with Gasteiger partial charge < -0.3 is 5.32 Å². The maximum absolute atomic E-state index is 13.1. The number of halogens is 1. The maximum Gasteiger partial charge on any atom is 0.148 e. The van der Waals surface area contributed by atoms with Crippen molar-refractivity contribution in [2.24, 2.45) is 0 Å². The molecule has 96 valence electrons. The lowest BCUT2D eigenvalue weighted by molar-refractivity contribution is 0.533. The molecule has 2 rings (SSSR count). The molecule has 18 heavy (non-hydrogen) atoms. The molecule has 0 amide bonds. The van der Waals surface area contributed by atoms with Crippen LogP contribution in [-0.4, -0.2) is 9.78 Å². The molecular formula is C14H18FN3. The van der Waals surface area contributed by atoms with E-state index in [9.17, 15) is 4.39 Å². The Morgan fingerprint density at radius 2 is 2.00 bits per heavy atom. The number of rotatable bonds is 4. The summed E-state index contributed by atoms with van der Waals surface area (Å²) in [5.74, 6) is 0.592. The number of anilines is 1. The second kappa shape index (κ2) is 5.21. The van der Waals surface area contributed by atoms with Crippen molar-refractivity contribution in [3.8, 4) is 0 Å². The Labute approximate surface area is 107 Å². The first-order valence-electron chi connectivity index (χ1n) is 6.13. The number of nitrogens with zero attached hydrogens (tertiary/aromatic N) is 2. The molecule has 0 aliphatic rings. The molecule has 1 heterocycles. The van der Waals surface area contributed by atoms with Crippen molar-refractivity contribution in [1.82, 2.24) is 9.78 Å².